The zero-order valence-corrected chi connectivity index (χ0v) is 25.2. The molecule has 1 aromatic heterocycles. The van der Waals surface area contributed by atoms with Gasteiger partial charge in [-0.05, 0) is 63.9 Å². The molecule has 1 atom stereocenters. The van der Waals surface area contributed by atoms with Crippen LogP contribution in [0.2, 0.25) is 0 Å². The molecule has 2 aliphatic rings. The van der Waals surface area contributed by atoms with Crippen LogP contribution in [0.15, 0.2) is 53.4 Å². The quantitative estimate of drug-likeness (QED) is 0.439. The van der Waals surface area contributed by atoms with Gasteiger partial charge in [-0.15, -0.1) is 0 Å². The van der Waals surface area contributed by atoms with Crippen molar-refractivity contribution in [2.24, 2.45) is 0 Å². The Balaban J connectivity index is 1.55. The Kier molecular flexibility index (Phi) is 7.84. The highest BCUT2D eigenvalue weighted by molar-refractivity contribution is 7.92. The van der Waals surface area contributed by atoms with Gasteiger partial charge in [0.25, 0.3) is 15.9 Å². The van der Waals surface area contributed by atoms with Crippen LogP contribution in [-0.2, 0) is 14.8 Å². The first-order valence-corrected chi connectivity index (χ1v) is 15.3. The standard InChI is InChI=1S/C30H35N5O6S/c1-19-8-6-9-20(2)26(19)24-17-25-32-28(31-24)33-42(38,39)23-11-7-10-21(16-23)27(36)35-14-13-34(18-22(35)12-15-40-25)29(37)41-30(3,4)5/h6-11,16-17,22H,12-15,18H2,1-5H3,(H,31,32,33)/t22-/m0/s1. The van der Waals surface area contributed by atoms with Crippen molar-refractivity contribution in [2.75, 3.05) is 31.0 Å². The number of carbonyl (C=O) groups excluding carboxylic acids is 2. The van der Waals surface area contributed by atoms with Crippen LogP contribution in [-0.4, -0.2) is 78.1 Å². The summed E-state index contributed by atoms with van der Waals surface area (Å²) >= 11 is 0. The lowest BCUT2D eigenvalue weighted by Gasteiger charge is -2.41. The Labute approximate surface area is 245 Å². The number of nitrogens with zero attached hydrogens (tertiary/aromatic N) is 4. The van der Waals surface area contributed by atoms with Crippen LogP contribution in [0.3, 0.4) is 0 Å². The third kappa shape index (κ3) is 6.33. The topological polar surface area (TPSA) is 131 Å². The number of rotatable bonds is 1. The maximum Gasteiger partial charge on any atom is 0.410 e. The predicted octanol–water partition coefficient (Wildman–Crippen LogP) is 4.41. The second-order valence-electron chi connectivity index (χ2n) is 11.5. The first kappa shape index (κ1) is 29.3. The van der Waals surface area contributed by atoms with Gasteiger partial charge in [-0.3, -0.25) is 4.79 Å². The molecule has 2 amide bonds. The smallest absolute Gasteiger partial charge is 0.410 e. The zero-order valence-electron chi connectivity index (χ0n) is 24.4. The molecule has 1 fully saturated rings. The number of carbonyl (C=O) groups is 2. The van der Waals surface area contributed by atoms with Gasteiger partial charge >= 0.3 is 6.09 Å². The van der Waals surface area contributed by atoms with Crippen molar-refractivity contribution < 1.29 is 27.5 Å². The Morgan fingerprint density at radius 1 is 1.05 bits per heavy atom. The van der Waals surface area contributed by atoms with E-state index in [2.05, 4.69) is 14.7 Å². The van der Waals surface area contributed by atoms with Crippen molar-refractivity contribution in [3.8, 4) is 17.1 Å². The Hall–Kier alpha value is -4.19. The third-order valence-corrected chi connectivity index (χ3v) is 8.48. The first-order valence-electron chi connectivity index (χ1n) is 13.8. The number of anilines is 1. The SMILES string of the molecule is Cc1cccc(C)c1-c1cc2nc(n1)NS(=O)(=O)c1cccc(c1)C(=O)N1CCN(C(=O)OC(C)(C)C)C[C@@H]1CCO2. The number of aryl methyl sites for hydroxylation is 2. The van der Waals surface area contributed by atoms with E-state index in [0.29, 0.717) is 12.1 Å². The number of piperazine rings is 1. The van der Waals surface area contributed by atoms with Crippen LogP contribution in [0, 0.1) is 13.8 Å². The summed E-state index contributed by atoms with van der Waals surface area (Å²) in [5.74, 6) is -0.289. The van der Waals surface area contributed by atoms with Crippen molar-refractivity contribution >= 4 is 28.0 Å². The highest BCUT2D eigenvalue weighted by Crippen LogP contribution is 2.30. The van der Waals surface area contributed by atoms with Crippen molar-refractivity contribution in [1.29, 1.82) is 0 Å². The van der Waals surface area contributed by atoms with Crippen LogP contribution in [0.25, 0.3) is 11.3 Å². The molecular formula is C30H35N5O6S. The van der Waals surface area contributed by atoms with E-state index in [9.17, 15) is 18.0 Å². The van der Waals surface area contributed by atoms with Crippen molar-refractivity contribution in [2.45, 2.75) is 57.6 Å². The minimum Gasteiger partial charge on any atom is -0.477 e. The molecule has 3 heterocycles. The number of fused-ring (bicyclic) bond motifs is 5. The summed E-state index contributed by atoms with van der Waals surface area (Å²) in [6.45, 7) is 10.3. The van der Waals surface area contributed by atoms with E-state index >= 15 is 0 Å². The summed E-state index contributed by atoms with van der Waals surface area (Å²) in [4.78, 5) is 38.6. The molecule has 2 aliphatic heterocycles. The number of hydrogen-bond donors (Lipinski definition) is 1. The molecule has 1 saturated heterocycles. The fourth-order valence-electron chi connectivity index (χ4n) is 5.19. The van der Waals surface area contributed by atoms with Crippen LogP contribution < -0.4 is 9.46 Å². The molecule has 3 aromatic rings. The Morgan fingerprint density at radius 3 is 2.48 bits per heavy atom. The fraction of sp³-hybridized carbons (Fsp3) is 0.400. The second kappa shape index (κ2) is 11.2. The van der Waals surface area contributed by atoms with E-state index in [1.54, 1.807) is 42.7 Å². The second-order valence-corrected chi connectivity index (χ2v) is 13.2. The molecule has 0 aliphatic carbocycles. The van der Waals surface area contributed by atoms with Crippen LogP contribution in [0.1, 0.15) is 48.7 Å². The molecule has 0 saturated carbocycles. The van der Waals surface area contributed by atoms with E-state index in [4.69, 9.17) is 9.47 Å². The molecular weight excluding hydrogens is 558 g/mol. The van der Waals surface area contributed by atoms with E-state index in [-0.39, 0.29) is 54.4 Å². The number of amides is 2. The van der Waals surface area contributed by atoms with Gasteiger partial charge in [-0.2, -0.15) is 4.98 Å². The van der Waals surface area contributed by atoms with Crippen LogP contribution >= 0.6 is 0 Å². The molecule has 0 unspecified atom stereocenters. The van der Waals surface area contributed by atoms with Crippen LogP contribution in [0.5, 0.6) is 5.88 Å². The monoisotopic (exact) mass is 593 g/mol. The van der Waals surface area contributed by atoms with E-state index in [1.807, 2.05) is 32.0 Å². The molecule has 1 N–H and O–H groups in total. The number of ether oxygens (including phenoxy) is 2. The van der Waals surface area contributed by atoms with Crippen LogP contribution in [0.4, 0.5) is 10.7 Å². The zero-order chi connectivity index (χ0) is 30.2. The molecule has 11 nitrogen and oxygen atoms in total. The Morgan fingerprint density at radius 2 is 1.76 bits per heavy atom. The van der Waals surface area contributed by atoms with Gasteiger partial charge in [0.2, 0.25) is 11.8 Å². The maximum absolute atomic E-state index is 13.7. The molecule has 4 bridgehead atoms. The first-order chi connectivity index (χ1) is 19.8. The normalized spacial score (nSPS) is 18.7. The van der Waals surface area contributed by atoms with Gasteiger partial charge in [-0.1, -0.05) is 24.3 Å². The fourth-order valence-corrected chi connectivity index (χ4v) is 6.18. The maximum atomic E-state index is 13.7. The summed E-state index contributed by atoms with van der Waals surface area (Å²) < 4.78 is 41.0. The highest BCUT2D eigenvalue weighted by atomic mass is 32.2. The lowest BCUT2D eigenvalue weighted by molar-refractivity contribution is 0.00210. The summed E-state index contributed by atoms with van der Waals surface area (Å²) in [6, 6.07) is 13.0. The number of nitrogens with one attached hydrogen (secondary N) is 1. The molecule has 0 radical (unpaired) electrons. The lowest BCUT2D eigenvalue weighted by atomic mass is 10.00. The Bertz CT molecular complexity index is 1620. The minimum atomic E-state index is -4.15. The van der Waals surface area contributed by atoms with Gasteiger partial charge in [-0.25, -0.2) is 22.9 Å². The average Bonchev–Trinajstić information content (AvgIpc) is 2.91. The predicted molar refractivity (Wildman–Crippen MR) is 157 cm³/mol. The van der Waals surface area contributed by atoms with Crippen molar-refractivity contribution in [3.63, 3.8) is 0 Å². The molecule has 12 heteroatoms. The summed E-state index contributed by atoms with van der Waals surface area (Å²) in [6.07, 6.45) is -0.0538. The number of sulfonamides is 1. The average molecular weight is 594 g/mol. The molecule has 5 rings (SSSR count). The van der Waals surface area contributed by atoms with E-state index in [0.717, 1.165) is 16.7 Å². The summed E-state index contributed by atoms with van der Waals surface area (Å²) in [5, 5.41) is 0. The molecule has 2 aromatic carbocycles. The molecule has 0 spiro atoms. The van der Waals surface area contributed by atoms with Crippen molar-refractivity contribution in [1.82, 2.24) is 19.8 Å². The number of benzene rings is 2. The highest BCUT2D eigenvalue weighted by Gasteiger charge is 2.35. The van der Waals surface area contributed by atoms with E-state index < -0.39 is 27.8 Å². The third-order valence-electron chi connectivity index (χ3n) is 7.15. The van der Waals surface area contributed by atoms with Gasteiger partial charge in [0.05, 0.1) is 23.2 Å². The number of aromatic nitrogens is 2. The van der Waals surface area contributed by atoms with Gasteiger partial charge in [0.15, 0.2) is 0 Å². The van der Waals surface area contributed by atoms with E-state index in [1.165, 1.54) is 18.2 Å². The van der Waals surface area contributed by atoms with Gasteiger partial charge in [0, 0.05) is 43.2 Å². The largest absolute Gasteiger partial charge is 0.477 e. The molecule has 222 valence electrons. The van der Waals surface area contributed by atoms with Crippen molar-refractivity contribution in [3.05, 3.63) is 65.2 Å². The summed E-state index contributed by atoms with van der Waals surface area (Å²) in [5.41, 5.74) is 2.86. The van der Waals surface area contributed by atoms with Gasteiger partial charge in [0.1, 0.15) is 5.60 Å². The number of hydrogen-bond acceptors (Lipinski definition) is 8. The minimum absolute atomic E-state index is 0.0992. The summed E-state index contributed by atoms with van der Waals surface area (Å²) in [7, 11) is -4.15. The lowest BCUT2D eigenvalue weighted by Crippen LogP contribution is -2.57. The van der Waals surface area contributed by atoms with Gasteiger partial charge < -0.3 is 19.3 Å². The molecule has 42 heavy (non-hydrogen) atoms.